The summed E-state index contributed by atoms with van der Waals surface area (Å²) in [4.78, 5) is 28.5. The first-order chi connectivity index (χ1) is 19.9. The van der Waals surface area contributed by atoms with E-state index in [2.05, 4.69) is 5.32 Å². The third kappa shape index (κ3) is 6.75. The van der Waals surface area contributed by atoms with Crippen molar-refractivity contribution in [2.45, 2.75) is 30.9 Å². The Hall–Kier alpha value is -3.93. The molecule has 1 heterocycles. The Kier molecular flexibility index (Phi) is 9.55. The van der Waals surface area contributed by atoms with E-state index in [1.807, 2.05) is 31.2 Å². The number of nitrogens with one attached hydrogen (secondary N) is 1. The van der Waals surface area contributed by atoms with Gasteiger partial charge in [-0.15, -0.1) is 0 Å². The highest BCUT2D eigenvalue weighted by Gasteiger charge is 2.38. The summed E-state index contributed by atoms with van der Waals surface area (Å²) < 4.78 is 35.4. The number of hydrogen-bond donors (Lipinski definition) is 2. The number of aliphatic hydroxyl groups is 1. The molecule has 0 aliphatic carbocycles. The fraction of sp³-hybridized carbons (Fsp3) is 0.355. The van der Waals surface area contributed by atoms with Gasteiger partial charge in [-0.2, -0.15) is 4.31 Å². The molecule has 4 rings (SSSR count). The Morgan fingerprint density at radius 1 is 1.02 bits per heavy atom. The number of para-hydroxylation sites is 1. The molecule has 0 spiro atoms. The van der Waals surface area contributed by atoms with Gasteiger partial charge in [0.1, 0.15) is 16.7 Å². The zero-order valence-electron chi connectivity index (χ0n) is 24.5. The van der Waals surface area contributed by atoms with Crippen LogP contribution in [0, 0.1) is 5.92 Å². The number of amides is 3. The van der Waals surface area contributed by atoms with Crippen molar-refractivity contribution in [3.63, 3.8) is 0 Å². The van der Waals surface area contributed by atoms with Gasteiger partial charge in [0.25, 0.3) is 5.91 Å². The molecule has 0 aromatic heterocycles. The van der Waals surface area contributed by atoms with E-state index in [0.717, 1.165) is 5.56 Å². The molecule has 3 amide bonds. The maximum absolute atomic E-state index is 13.8. The van der Waals surface area contributed by atoms with Crippen LogP contribution >= 0.6 is 0 Å². The van der Waals surface area contributed by atoms with E-state index in [0.29, 0.717) is 16.8 Å². The molecule has 0 saturated heterocycles. The van der Waals surface area contributed by atoms with Gasteiger partial charge in [-0.3, -0.25) is 4.79 Å². The zero-order chi connectivity index (χ0) is 30.6. The van der Waals surface area contributed by atoms with Gasteiger partial charge in [0, 0.05) is 50.9 Å². The summed E-state index contributed by atoms with van der Waals surface area (Å²) in [5, 5.41) is 12.8. The smallest absolute Gasteiger partial charge is 0.321 e. The van der Waals surface area contributed by atoms with Crippen LogP contribution in [-0.4, -0.2) is 92.6 Å². The number of anilines is 1. The highest BCUT2D eigenvalue weighted by molar-refractivity contribution is 7.89. The van der Waals surface area contributed by atoms with Gasteiger partial charge in [0.05, 0.1) is 13.2 Å². The zero-order valence-corrected chi connectivity index (χ0v) is 25.3. The van der Waals surface area contributed by atoms with Gasteiger partial charge in [-0.1, -0.05) is 43.3 Å². The average molecular weight is 595 g/mol. The fourth-order valence-corrected chi connectivity index (χ4v) is 6.63. The monoisotopic (exact) mass is 594 g/mol. The molecule has 0 saturated carbocycles. The van der Waals surface area contributed by atoms with Gasteiger partial charge in [-0.05, 0) is 54.4 Å². The second-order valence-electron chi connectivity index (χ2n) is 10.9. The van der Waals surface area contributed by atoms with Crippen LogP contribution in [0.2, 0.25) is 0 Å². The molecule has 1 aliphatic heterocycles. The van der Waals surface area contributed by atoms with Crippen molar-refractivity contribution in [1.82, 2.24) is 14.1 Å². The van der Waals surface area contributed by atoms with Crippen molar-refractivity contribution in [2.24, 2.45) is 5.92 Å². The molecule has 2 N–H and O–H groups in total. The van der Waals surface area contributed by atoms with Crippen molar-refractivity contribution < 1.29 is 27.9 Å². The van der Waals surface area contributed by atoms with Crippen LogP contribution in [0.25, 0.3) is 11.1 Å². The lowest BCUT2D eigenvalue weighted by Crippen LogP contribution is -2.50. The maximum Gasteiger partial charge on any atom is 0.321 e. The number of aliphatic hydroxyl groups excluding tert-OH is 1. The molecule has 3 aromatic rings. The highest BCUT2D eigenvalue weighted by atomic mass is 32.2. The Morgan fingerprint density at radius 2 is 1.71 bits per heavy atom. The molecule has 0 radical (unpaired) electrons. The molecule has 3 atom stereocenters. The minimum Gasteiger partial charge on any atom is -0.487 e. The minimum absolute atomic E-state index is 0.0274. The third-order valence-corrected chi connectivity index (χ3v) is 9.36. The quantitative estimate of drug-likeness (QED) is 0.427. The molecule has 1 aliphatic rings. The van der Waals surface area contributed by atoms with Gasteiger partial charge >= 0.3 is 6.03 Å². The van der Waals surface area contributed by atoms with Crippen molar-refractivity contribution in [3.05, 3.63) is 78.4 Å². The summed E-state index contributed by atoms with van der Waals surface area (Å²) in [7, 11) is 0.977. The Balaban J connectivity index is 1.72. The van der Waals surface area contributed by atoms with Gasteiger partial charge in [0.2, 0.25) is 10.0 Å². The van der Waals surface area contributed by atoms with Crippen molar-refractivity contribution in [1.29, 1.82) is 0 Å². The summed E-state index contributed by atoms with van der Waals surface area (Å²) >= 11 is 0. The fourth-order valence-electron chi connectivity index (χ4n) is 4.81. The number of sulfonamides is 1. The summed E-state index contributed by atoms with van der Waals surface area (Å²) in [6, 6.07) is 20.0. The molecule has 0 unspecified atom stereocenters. The van der Waals surface area contributed by atoms with Gasteiger partial charge in [0.15, 0.2) is 0 Å². The van der Waals surface area contributed by atoms with Crippen LogP contribution < -0.4 is 10.1 Å². The van der Waals surface area contributed by atoms with E-state index in [-0.39, 0.29) is 48.2 Å². The van der Waals surface area contributed by atoms with E-state index in [1.54, 1.807) is 70.5 Å². The van der Waals surface area contributed by atoms with Crippen molar-refractivity contribution >= 4 is 27.6 Å². The summed E-state index contributed by atoms with van der Waals surface area (Å²) in [6.45, 7) is 3.45. The molecule has 224 valence electrons. The number of benzene rings is 3. The minimum atomic E-state index is -4.03. The number of hydrogen-bond acceptors (Lipinski definition) is 6. The largest absolute Gasteiger partial charge is 0.487 e. The average Bonchev–Trinajstić information content (AvgIpc) is 2.98. The highest BCUT2D eigenvalue weighted by Crippen LogP contribution is 2.37. The predicted molar refractivity (Wildman–Crippen MR) is 162 cm³/mol. The molecular weight excluding hydrogens is 556 g/mol. The maximum atomic E-state index is 13.8. The lowest BCUT2D eigenvalue weighted by atomic mass is 10.0. The molecule has 0 bridgehead atoms. The number of urea groups is 1. The van der Waals surface area contributed by atoms with E-state index < -0.39 is 22.2 Å². The summed E-state index contributed by atoms with van der Waals surface area (Å²) in [5.74, 6) is -0.347. The van der Waals surface area contributed by atoms with E-state index in [4.69, 9.17) is 4.74 Å². The van der Waals surface area contributed by atoms with Gasteiger partial charge < -0.3 is 25.0 Å². The van der Waals surface area contributed by atoms with E-state index in [9.17, 15) is 23.1 Å². The van der Waals surface area contributed by atoms with Crippen LogP contribution in [0.5, 0.6) is 5.75 Å². The van der Waals surface area contributed by atoms with E-state index in [1.165, 1.54) is 20.2 Å². The number of ether oxygens (including phenoxy) is 1. The SMILES string of the molecule is C[C@@H]1CN([C@H](C)CO)S(=O)(=O)c2ccc(-c3cccc(C(=O)N(C)C)c3)cc2O[C@H]1CN(C)C(=O)Nc1ccccc1. The molecule has 42 heavy (non-hydrogen) atoms. The van der Waals surface area contributed by atoms with Gasteiger partial charge in [-0.25, -0.2) is 13.2 Å². The van der Waals surface area contributed by atoms with Crippen molar-refractivity contribution in [2.75, 3.05) is 46.2 Å². The number of likely N-dealkylation sites (N-methyl/N-ethyl adjacent to an activating group) is 1. The van der Waals surface area contributed by atoms with Crippen LogP contribution in [0.1, 0.15) is 24.2 Å². The Labute approximate surface area is 247 Å². The molecule has 11 heteroatoms. The molecular formula is C31H38N4O6S. The number of carbonyl (C=O) groups excluding carboxylic acids is 2. The number of rotatable bonds is 7. The Bertz CT molecular complexity index is 1530. The topological polar surface area (TPSA) is 119 Å². The van der Waals surface area contributed by atoms with Crippen LogP contribution in [-0.2, 0) is 10.0 Å². The van der Waals surface area contributed by atoms with Crippen LogP contribution in [0.4, 0.5) is 10.5 Å². The number of carbonyl (C=O) groups is 2. The van der Waals surface area contributed by atoms with Crippen LogP contribution in [0.15, 0.2) is 77.7 Å². The standard InChI is InChI=1S/C31H38N4O6S/c1-21-18-35(22(2)20-36)42(39,40)29-15-14-24(23-10-9-11-25(16-23)30(37)33(3)4)17-27(29)41-28(21)19-34(5)31(38)32-26-12-7-6-8-13-26/h6-17,21-22,28,36H,18-20H2,1-5H3,(H,32,38)/t21-,22-,28+/m1/s1. The van der Waals surface area contributed by atoms with E-state index >= 15 is 0 Å². The second kappa shape index (κ2) is 12.9. The number of nitrogens with zero attached hydrogens (tertiary/aromatic N) is 3. The second-order valence-corrected chi connectivity index (χ2v) is 12.7. The predicted octanol–water partition coefficient (Wildman–Crippen LogP) is 3.99. The number of fused-ring (bicyclic) bond motifs is 1. The van der Waals surface area contributed by atoms with Crippen LogP contribution in [0.3, 0.4) is 0 Å². The first kappa shape index (κ1) is 31.0. The van der Waals surface area contributed by atoms with Crippen molar-refractivity contribution in [3.8, 4) is 16.9 Å². The summed E-state index contributed by atoms with van der Waals surface area (Å²) in [6.07, 6.45) is -0.573. The first-order valence-corrected chi connectivity index (χ1v) is 15.2. The molecule has 10 nitrogen and oxygen atoms in total. The third-order valence-electron chi connectivity index (χ3n) is 7.34. The first-order valence-electron chi connectivity index (χ1n) is 13.7. The normalized spacial score (nSPS) is 18.9. The lowest BCUT2D eigenvalue weighted by molar-refractivity contribution is 0.0827. The summed E-state index contributed by atoms with van der Waals surface area (Å²) in [5.41, 5.74) is 2.54. The lowest BCUT2D eigenvalue weighted by Gasteiger charge is -2.37. The Morgan fingerprint density at radius 3 is 2.38 bits per heavy atom. The molecule has 3 aromatic carbocycles. The molecule has 0 fully saturated rings.